The van der Waals surface area contributed by atoms with Crippen LogP contribution in [0.3, 0.4) is 0 Å². The van der Waals surface area contributed by atoms with Crippen LogP contribution in [0.25, 0.3) is 22.1 Å². The predicted octanol–water partition coefficient (Wildman–Crippen LogP) is 2.22. The van der Waals surface area contributed by atoms with Gasteiger partial charge in [0.25, 0.3) is 0 Å². The Morgan fingerprint density at radius 2 is 2.14 bits per heavy atom. The van der Waals surface area contributed by atoms with Gasteiger partial charge in [0.2, 0.25) is 0 Å². The highest BCUT2D eigenvalue weighted by atomic mass is 16.5. The van der Waals surface area contributed by atoms with Gasteiger partial charge >= 0.3 is 0 Å². The standard InChI is InChI=1S/C10H7N3O/c1-2-8-6-13-14-10(8)3-7(1)9-4-11-12-5-9/h1-6H,(H,11,12). The summed E-state index contributed by atoms with van der Waals surface area (Å²) in [5, 5.41) is 11.4. The molecule has 0 radical (unpaired) electrons. The van der Waals surface area contributed by atoms with E-state index in [1.165, 1.54) is 0 Å². The molecule has 68 valence electrons. The Morgan fingerprint density at radius 3 is 3.00 bits per heavy atom. The molecular weight excluding hydrogens is 178 g/mol. The van der Waals surface area contributed by atoms with Gasteiger partial charge < -0.3 is 4.52 Å². The highest BCUT2D eigenvalue weighted by Gasteiger charge is 2.02. The molecule has 0 aliphatic carbocycles. The van der Waals surface area contributed by atoms with Crippen molar-refractivity contribution in [2.45, 2.75) is 0 Å². The van der Waals surface area contributed by atoms with Crippen LogP contribution in [0.15, 0.2) is 41.3 Å². The largest absolute Gasteiger partial charge is 0.356 e. The molecule has 0 spiro atoms. The van der Waals surface area contributed by atoms with Gasteiger partial charge in [0, 0.05) is 17.1 Å². The van der Waals surface area contributed by atoms with Gasteiger partial charge in [0.15, 0.2) is 5.58 Å². The predicted molar refractivity (Wildman–Crippen MR) is 51.6 cm³/mol. The summed E-state index contributed by atoms with van der Waals surface area (Å²) in [6, 6.07) is 5.95. The molecular formula is C10H7N3O. The summed E-state index contributed by atoms with van der Waals surface area (Å²) in [5.41, 5.74) is 2.91. The zero-order valence-corrected chi connectivity index (χ0v) is 7.27. The van der Waals surface area contributed by atoms with Gasteiger partial charge in [0.1, 0.15) is 0 Å². The second-order valence-electron chi connectivity index (χ2n) is 3.07. The molecule has 3 aromatic rings. The Bertz CT molecular complexity index is 554. The zero-order chi connectivity index (χ0) is 9.38. The van der Waals surface area contributed by atoms with E-state index in [1.54, 1.807) is 12.4 Å². The van der Waals surface area contributed by atoms with Gasteiger partial charge in [-0.3, -0.25) is 5.10 Å². The number of aromatic amines is 1. The summed E-state index contributed by atoms with van der Waals surface area (Å²) in [5.74, 6) is 0. The minimum absolute atomic E-state index is 0.795. The number of benzene rings is 1. The van der Waals surface area contributed by atoms with Crippen molar-refractivity contribution in [2.75, 3.05) is 0 Å². The average Bonchev–Trinajstić information content (AvgIpc) is 2.88. The van der Waals surface area contributed by atoms with Crippen LogP contribution >= 0.6 is 0 Å². The van der Waals surface area contributed by atoms with E-state index in [0.717, 1.165) is 22.1 Å². The van der Waals surface area contributed by atoms with Crippen LogP contribution in [0, 0.1) is 0 Å². The normalized spacial score (nSPS) is 10.9. The third-order valence-electron chi connectivity index (χ3n) is 2.19. The highest BCUT2D eigenvalue weighted by molar-refractivity contribution is 5.81. The maximum atomic E-state index is 5.08. The summed E-state index contributed by atoms with van der Waals surface area (Å²) in [4.78, 5) is 0. The Hall–Kier alpha value is -2.10. The lowest BCUT2D eigenvalue weighted by atomic mass is 10.1. The molecule has 3 rings (SSSR count). The van der Waals surface area contributed by atoms with Gasteiger partial charge in [-0.15, -0.1) is 0 Å². The van der Waals surface area contributed by atoms with E-state index in [-0.39, 0.29) is 0 Å². The topological polar surface area (TPSA) is 54.7 Å². The molecule has 0 bridgehead atoms. The van der Waals surface area contributed by atoms with Crippen LogP contribution in [-0.4, -0.2) is 15.4 Å². The first-order valence-corrected chi connectivity index (χ1v) is 4.27. The molecule has 0 saturated heterocycles. The van der Waals surface area contributed by atoms with E-state index in [9.17, 15) is 0 Å². The molecule has 0 unspecified atom stereocenters. The third kappa shape index (κ3) is 1.01. The fourth-order valence-electron chi connectivity index (χ4n) is 1.45. The number of fused-ring (bicyclic) bond motifs is 1. The van der Waals surface area contributed by atoms with Crippen molar-refractivity contribution < 1.29 is 4.52 Å². The van der Waals surface area contributed by atoms with E-state index < -0.39 is 0 Å². The molecule has 1 aromatic carbocycles. The number of H-pyrrole nitrogens is 1. The van der Waals surface area contributed by atoms with Crippen molar-refractivity contribution in [1.82, 2.24) is 15.4 Å². The molecule has 0 aliphatic rings. The lowest BCUT2D eigenvalue weighted by Gasteiger charge is -1.94. The van der Waals surface area contributed by atoms with Crippen molar-refractivity contribution in [3.63, 3.8) is 0 Å². The van der Waals surface area contributed by atoms with E-state index in [2.05, 4.69) is 15.4 Å². The van der Waals surface area contributed by atoms with Crippen molar-refractivity contribution in [3.05, 3.63) is 36.8 Å². The third-order valence-corrected chi connectivity index (χ3v) is 2.19. The summed E-state index contributed by atoms with van der Waals surface area (Å²) >= 11 is 0. The second kappa shape index (κ2) is 2.70. The molecule has 0 amide bonds. The monoisotopic (exact) mass is 185 g/mol. The summed E-state index contributed by atoms with van der Waals surface area (Å²) < 4.78 is 5.08. The average molecular weight is 185 g/mol. The second-order valence-corrected chi connectivity index (χ2v) is 3.07. The maximum Gasteiger partial charge on any atom is 0.167 e. The number of aromatic nitrogens is 3. The van der Waals surface area contributed by atoms with Crippen LogP contribution in [0.5, 0.6) is 0 Å². The minimum atomic E-state index is 0.795. The molecule has 2 heterocycles. The number of hydrogen-bond acceptors (Lipinski definition) is 3. The molecule has 2 aromatic heterocycles. The Kier molecular flexibility index (Phi) is 1.41. The molecule has 0 saturated carbocycles. The van der Waals surface area contributed by atoms with Crippen molar-refractivity contribution >= 4 is 11.0 Å². The van der Waals surface area contributed by atoms with Crippen molar-refractivity contribution in [1.29, 1.82) is 0 Å². The first-order chi connectivity index (χ1) is 6.93. The van der Waals surface area contributed by atoms with Crippen LogP contribution in [-0.2, 0) is 0 Å². The number of hydrogen-bond donors (Lipinski definition) is 1. The SMILES string of the molecule is c1cc2cnoc2cc1-c1cn[nH]c1. The molecule has 0 atom stereocenters. The van der Waals surface area contributed by atoms with E-state index in [0.29, 0.717) is 0 Å². The van der Waals surface area contributed by atoms with Crippen LogP contribution in [0.4, 0.5) is 0 Å². The number of nitrogens with one attached hydrogen (secondary N) is 1. The summed E-state index contributed by atoms with van der Waals surface area (Å²) in [7, 11) is 0. The molecule has 4 heteroatoms. The van der Waals surface area contributed by atoms with Crippen LogP contribution in [0.1, 0.15) is 0 Å². The van der Waals surface area contributed by atoms with Crippen LogP contribution in [0.2, 0.25) is 0 Å². The molecule has 1 N–H and O–H groups in total. The zero-order valence-electron chi connectivity index (χ0n) is 7.27. The molecule has 14 heavy (non-hydrogen) atoms. The first-order valence-electron chi connectivity index (χ1n) is 4.27. The number of rotatable bonds is 1. The molecule has 4 nitrogen and oxygen atoms in total. The van der Waals surface area contributed by atoms with Crippen LogP contribution < -0.4 is 0 Å². The van der Waals surface area contributed by atoms with Gasteiger partial charge in [-0.1, -0.05) is 11.2 Å². The Labute approximate surface area is 79.5 Å². The summed E-state index contributed by atoms with van der Waals surface area (Å²) in [6.45, 7) is 0. The van der Waals surface area contributed by atoms with Crippen molar-refractivity contribution in [2.24, 2.45) is 0 Å². The molecule has 0 aliphatic heterocycles. The van der Waals surface area contributed by atoms with E-state index in [4.69, 9.17) is 4.52 Å². The van der Waals surface area contributed by atoms with Gasteiger partial charge in [-0.05, 0) is 17.7 Å². The lowest BCUT2D eigenvalue weighted by Crippen LogP contribution is -1.72. The van der Waals surface area contributed by atoms with Crippen molar-refractivity contribution in [3.8, 4) is 11.1 Å². The Balaban J connectivity index is 2.23. The highest BCUT2D eigenvalue weighted by Crippen LogP contribution is 2.22. The lowest BCUT2D eigenvalue weighted by molar-refractivity contribution is 0.456. The van der Waals surface area contributed by atoms with E-state index in [1.807, 2.05) is 24.4 Å². The smallest absolute Gasteiger partial charge is 0.167 e. The fraction of sp³-hybridized carbons (Fsp3) is 0. The van der Waals surface area contributed by atoms with E-state index >= 15 is 0 Å². The van der Waals surface area contributed by atoms with Gasteiger partial charge in [-0.2, -0.15) is 5.10 Å². The minimum Gasteiger partial charge on any atom is -0.356 e. The van der Waals surface area contributed by atoms with Gasteiger partial charge in [0.05, 0.1) is 12.4 Å². The maximum absolute atomic E-state index is 5.08. The number of nitrogens with zero attached hydrogens (tertiary/aromatic N) is 2. The Morgan fingerprint density at radius 1 is 1.14 bits per heavy atom. The quantitative estimate of drug-likeness (QED) is 0.632. The fourth-order valence-corrected chi connectivity index (χ4v) is 1.45. The molecule has 0 fully saturated rings. The first kappa shape index (κ1) is 7.32. The van der Waals surface area contributed by atoms with Gasteiger partial charge in [-0.25, -0.2) is 0 Å². The summed E-state index contributed by atoms with van der Waals surface area (Å²) in [6.07, 6.45) is 5.32.